The summed E-state index contributed by atoms with van der Waals surface area (Å²) >= 11 is 0. The summed E-state index contributed by atoms with van der Waals surface area (Å²) in [7, 11) is 0. The fourth-order valence-corrected chi connectivity index (χ4v) is 2.16. The average Bonchev–Trinajstić information content (AvgIpc) is 3.27. The van der Waals surface area contributed by atoms with Gasteiger partial charge < -0.3 is 9.15 Å². The number of benzene rings is 1. The SMILES string of the molecule is Cc1ccc(/C=C/C(=O)OCCCn2nnc(-c3ccccc3)n2)o1. The van der Waals surface area contributed by atoms with Crippen LogP contribution in [-0.4, -0.2) is 32.8 Å². The van der Waals surface area contributed by atoms with Gasteiger partial charge in [0.05, 0.1) is 13.2 Å². The number of esters is 1. The Hall–Kier alpha value is -3.22. The number of rotatable bonds is 7. The summed E-state index contributed by atoms with van der Waals surface area (Å²) in [6, 6.07) is 13.3. The maximum absolute atomic E-state index is 11.6. The summed E-state index contributed by atoms with van der Waals surface area (Å²) in [6.45, 7) is 2.65. The van der Waals surface area contributed by atoms with Crippen LogP contribution in [0.5, 0.6) is 0 Å². The van der Waals surface area contributed by atoms with Crippen LogP contribution in [0.15, 0.2) is 53.0 Å². The van der Waals surface area contributed by atoms with Crippen LogP contribution in [-0.2, 0) is 16.1 Å². The van der Waals surface area contributed by atoms with Crippen LogP contribution in [0.2, 0.25) is 0 Å². The lowest BCUT2D eigenvalue weighted by molar-refractivity contribution is -0.137. The van der Waals surface area contributed by atoms with E-state index in [1.807, 2.05) is 43.3 Å². The van der Waals surface area contributed by atoms with E-state index in [1.54, 1.807) is 12.1 Å². The van der Waals surface area contributed by atoms with Crippen LogP contribution in [0, 0.1) is 6.92 Å². The molecule has 2 heterocycles. The van der Waals surface area contributed by atoms with Gasteiger partial charge in [-0.2, -0.15) is 4.80 Å². The third-order valence-corrected chi connectivity index (χ3v) is 3.38. The molecule has 0 bridgehead atoms. The zero-order valence-electron chi connectivity index (χ0n) is 13.8. The first-order valence-corrected chi connectivity index (χ1v) is 7.95. The van der Waals surface area contributed by atoms with Crippen molar-refractivity contribution in [2.45, 2.75) is 19.9 Å². The Labute approximate surface area is 144 Å². The molecule has 0 N–H and O–H groups in total. The molecule has 25 heavy (non-hydrogen) atoms. The highest BCUT2D eigenvalue weighted by molar-refractivity contribution is 5.86. The van der Waals surface area contributed by atoms with Crippen molar-refractivity contribution in [3.05, 3.63) is 60.1 Å². The first kappa shape index (κ1) is 16.6. The Bertz CT molecular complexity index is 852. The van der Waals surface area contributed by atoms with Gasteiger partial charge in [0.15, 0.2) is 0 Å². The lowest BCUT2D eigenvalue weighted by atomic mass is 10.2. The summed E-state index contributed by atoms with van der Waals surface area (Å²) < 4.78 is 10.5. The molecule has 0 atom stereocenters. The molecular formula is C18H18N4O3. The summed E-state index contributed by atoms with van der Waals surface area (Å²) in [4.78, 5) is 13.1. The zero-order valence-corrected chi connectivity index (χ0v) is 13.8. The van der Waals surface area contributed by atoms with Crippen molar-refractivity contribution in [1.29, 1.82) is 0 Å². The second kappa shape index (κ2) is 8.05. The van der Waals surface area contributed by atoms with Crippen LogP contribution >= 0.6 is 0 Å². The minimum absolute atomic E-state index is 0.280. The number of furan rings is 1. The van der Waals surface area contributed by atoms with Crippen molar-refractivity contribution in [2.24, 2.45) is 0 Å². The normalized spacial score (nSPS) is 11.1. The molecule has 1 aromatic carbocycles. The van der Waals surface area contributed by atoms with Gasteiger partial charge in [-0.15, -0.1) is 10.2 Å². The topological polar surface area (TPSA) is 83.0 Å². The summed E-state index contributed by atoms with van der Waals surface area (Å²) in [6.07, 6.45) is 3.53. The van der Waals surface area contributed by atoms with E-state index in [0.29, 0.717) is 24.6 Å². The third-order valence-electron chi connectivity index (χ3n) is 3.38. The summed E-state index contributed by atoms with van der Waals surface area (Å²) in [5.74, 6) is 1.58. The molecule has 7 heteroatoms. The van der Waals surface area contributed by atoms with Gasteiger partial charge in [-0.1, -0.05) is 30.3 Å². The van der Waals surface area contributed by atoms with Gasteiger partial charge in [-0.05, 0) is 30.3 Å². The predicted molar refractivity (Wildman–Crippen MR) is 91.3 cm³/mol. The second-order valence-electron chi connectivity index (χ2n) is 5.38. The highest BCUT2D eigenvalue weighted by atomic mass is 16.5. The molecule has 0 fully saturated rings. The molecule has 3 aromatic rings. The number of tetrazole rings is 1. The van der Waals surface area contributed by atoms with E-state index in [0.717, 1.165) is 11.3 Å². The number of carbonyl (C=O) groups excluding carboxylic acids is 1. The molecule has 0 amide bonds. The summed E-state index contributed by atoms with van der Waals surface area (Å²) in [5.41, 5.74) is 0.915. The Kier molecular flexibility index (Phi) is 5.36. The van der Waals surface area contributed by atoms with Gasteiger partial charge in [-0.3, -0.25) is 0 Å². The molecule has 2 aromatic heterocycles. The van der Waals surface area contributed by atoms with Gasteiger partial charge in [0, 0.05) is 18.1 Å². The van der Waals surface area contributed by atoms with Gasteiger partial charge in [0.25, 0.3) is 0 Å². The average molecular weight is 338 g/mol. The first-order chi connectivity index (χ1) is 12.2. The van der Waals surface area contributed by atoms with Gasteiger partial charge in [-0.25, -0.2) is 4.79 Å². The van der Waals surface area contributed by atoms with Crippen molar-refractivity contribution < 1.29 is 13.9 Å². The first-order valence-electron chi connectivity index (χ1n) is 7.95. The van der Waals surface area contributed by atoms with Crippen LogP contribution in [0.25, 0.3) is 17.5 Å². The van der Waals surface area contributed by atoms with Crippen molar-refractivity contribution in [3.8, 4) is 11.4 Å². The third kappa shape index (κ3) is 4.87. The zero-order chi connectivity index (χ0) is 17.5. The monoisotopic (exact) mass is 338 g/mol. The maximum atomic E-state index is 11.6. The quantitative estimate of drug-likeness (QED) is 0.374. The minimum atomic E-state index is -0.412. The Morgan fingerprint density at radius 3 is 2.84 bits per heavy atom. The van der Waals surface area contributed by atoms with Gasteiger partial charge in [0.1, 0.15) is 11.5 Å². The summed E-state index contributed by atoms with van der Waals surface area (Å²) in [5, 5.41) is 12.3. The largest absolute Gasteiger partial charge is 0.462 e. The Morgan fingerprint density at radius 2 is 2.08 bits per heavy atom. The molecule has 0 aliphatic heterocycles. The van der Waals surface area contributed by atoms with E-state index in [2.05, 4.69) is 15.4 Å². The lowest BCUT2D eigenvalue weighted by Crippen LogP contribution is -2.08. The standard InChI is InChI=1S/C18H18N4O3/c1-14-8-9-16(25-14)10-11-17(23)24-13-5-12-22-20-18(19-21-22)15-6-3-2-4-7-15/h2-4,6-11H,5,12-13H2,1H3/b11-10+. The van der Waals surface area contributed by atoms with Crippen molar-refractivity contribution in [3.63, 3.8) is 0 Å². The number of hydrogen-bond acceptors (Lipinski definition) is 6. The molecule has 0 aliphatic rings. The van der Waals surface area contributed by atoms with E-state index in [-0.39, 0.29) is 6.61 Å². The Morgan fingerprint density at radius 1 is 1.24 bits per heavy atom. The smallest absolute Gasteiger partial charge is 0.330 e. The van der Waals surface area contributed by atoms with Gasteiger partial charge in [0.2, 0.25) is 5.82 Å². The van der Waals surface area contributed by atoms with Crippen molar-refractivity contribution >= 4 is 12.0 Å². The lowest BCUT2D eigenvalue weighted by Gasteiger charge is -2.01. The molecule has 0 radical (unpaired) electrons. The molecule has 0 unspecified atom stereocenters. The number of aromatic nitrogens is 4. The van der Waals surface area contributed by atoms with E-state index in [9.17, 15) is 4.79 Å². The highest BCUT2D eigenvalue weighted by Gasteiger charge is 2.05. The van der Waals surface area contributed by atoms with Crippen molar-refractivity contribution in [1.82, 2.24) is 20.2 Å². The molecule has 128 valence electrons. The van der Waals surface area contributed by atoms with Crippen molar-refractivity contribution in [2.75, 3.05) is 6.61 Å². The molecule has 7 nitrogen and oxygen atoms in total. The highest BCUT2D eigenvalue weighted by Crippen LogP contribution is 2.11. The number of ether oxygens (including phenoxy) is 1. The fourth-order valence-electron chi connectivity index (χ4n) is 2.16. The van der Waals surface area contributed by atoms with E-state index in [1.165, 1.54) is 10.9 Å². The minimum Gasteiger partial charge on any atom is -0.462 e. The van der Waals surface area contributed by atoms with Crippen LogP contribution in [0.1, 0.15) is 17.9 Å². The van der Waals surface area contributed by atoms with Gasteiger partial charge >= 0.3 is 5.97 Å². The molecular weight excluding hydrogens is 320 g/mol. The number of hydrogen-bond donors (Lipinski definition) is 0. The van der Waals surface area contributed by atoms with E-state index >= 15 is 0 Å². The number of carbonyl (C=O) groups is 1. The molecule has 0 saturated carbocycles. The molecule has 0 spiro atoms. The van der Waals surface area contributed by atoms with Crippen LogP contribution in [0.3, 0.4) is 0 Å². The van der Waals surface area contributed by atoms with Crippen LogP contribution in [0.4, 0.5) is 0 Å². The van der Waals surface area contributed by atoms with E-state index < -0.39 is 5.97 Å². The Balaban J connectivity index is 1.40. The van der Waals surface area contributed by atoms with Crippen LogP contribution < -0.4 is 0 Å². The number of aryl methyl sites for hydroxylation is 2. The second-order valence-corrected chi connectivity index (χ2v) is 5.38. The maximum Gasteiger partial charge on any atom is 0.330 e. The predicted octanol–water partition coefficient (Wildman–Crippen LogP) is 2.89. The fraction of sp³-hybridized carbons (Fsp3) is 0.222. The molecule has 3 rings (SSSR count). The number of nitrogens with zero attached hydrogens (tertiary/aromatic N) is 4. The molecule has 0 aliphatic carbocycles. The van der Waals surface area contributed by atoms with E-state index in [4.69, 9.17) is 9.15 Å². The molecule has 0 saturated heterocycles.